The van der Waals surface area contributed by atoms with Crippen molar-refractivity contribution < 1.29 is 14.4 Å². The van der Waals surface area contributed by atoms with Crippen LogP contribution in [0.15, 0.2) is 35.7 Å². The van der Waals surface area contributed by atoms with E-state index in [0.29, 0.717) is 36.5 Å². The highest BCUT2D eigenvalue weighted by atomic mass is 16.2. The summed E-state index contributed by atoms with van der Waals surface area (Å²) in [6.07, 6.45) is 7.24. The summed E-state index contributed by atoms with van der Waals surface area (Å²) in [4.78, 5) is 46.8. The number of fused-ring (bicyclic) bond motifs is 1. The smallest absolute Gasteiger partial charge is 0.241 e. The molecule has 1 aromatic rings. The number of hydrogen-bond donors (Lipinski definition) is 0. The van der Waals surface area contributed by atoms with Gasteiger partial charge in [0.2, 0.25) is 17.5 Å². The first-order valence-electron chi connectivity index (χ1n) is 12.7. The summed E-state index contributed by atoms with van der Waals surface area (Å²) in [5, 5.41) is 0. The lowest BCUT2D eigenvalue weighted by Gasteiger charge is -2.36. The van der Waals surface area contributed by atoms with E-state index >= 15 is 0 Å². The highest BCUT2D eigenvalue weighted by molar-refractivity contribution is 6.27. The van der Waals surface area contributed by atoms with Crippen LogP contribution in [0.4, 0.5) is 0 Å². The number of piperidine rings is 1. The van der Waals surface area contributed by atoms with Crippen LogP contribution >= 0.6 is 0 Å². The molecule has 0 radical (unpaired) electrons. The van der Waals surface area contributed by atoms with Crippen LogP contribution in [0.3, 0.4) is 0 Å². The average molecular weight is 454 g/mol. The molecule has 6 nitrogen and oxygen atoms in total. The van der Waals surface area contributed by atoms with Crippen molar-refractivity contribution in [1.82, 2.24) is 14.7 Å². The number of amides is 1. The summed E-state index contributed by atoms with van der Waals surface area (Å²) < 4.78 is 0. The summed E-state index contributed by atoms with van der Waals surface area (Å²) in [5.74, 6) is -0.456. The number of ketones is 2. The predicted octanol–water partition coefficient (Wildman–Crippen LogP) is 4.51. The van der Waals surface area contributed by atoms with Crippen LogP contribution in [0.25, 0.3) is 0 Å². The van der Waals surface area contributed by atoms with Gasteiger partial charge in [0, 0.05) is 30.8 Å². The molecular weight excluding hydrogens is 414 g/mol. The minimum Gasteiger partial charge on any atom is -0.367 e. The van der Waals surface area contributed by atoms with Crippen molar-refractivity contribution in [3.8, 4) is 0 Å². The van der Waals surface area contributed by atoms with E-state index in [9.17, 15) is 14.4 Å². The van der Waals surface area contributed by atoms with Crippen LogP contribution in [0, 0.1) is 0 Å². The molecule has 1 heterocycles. The zero-order valence-electron chi connectivity index (χ0n) is 20.6. The number of benzene rings is 1. The molecule has 0 N–H and O–H groups in total. The van der Waals surface area contributed by atoms with E-state index < -0.39 is 0 Å². The summed E-state index contributed by atoms with van der Waals surface area (Å²) in [5.41, 5.74) is 1.53. The van der Waals surface area contributed by atoms with Crippen LogP contribution < -0.4 is 0 Å². The Balaban J connectivity index is 2.06. The lowest BCUT2D eigenvalue weighted by molar-refractivity contribution is -0.130. The molecule has 0 spiro atoms. The molecule has 0 saturated carbocycles. The van der Waals surface area contributed by atoms with Gasteiger partial charge < -0.3 is 9.80 Å². The standard InChI is InChI=1S/C27H39N3O3/c1-4-7-18-29(19-8-5-2)24-25(27(33)22-15-11-10-14-21(22)26(24)32)30(6-3)23(31)20-28-16-12-9-13-17-28/h10-11,14-15H,4-9,12-13,16-20H2,1-3H3. The first-order valence-corrected chi connectivity index (χ1v) is 12.7. The second-order valence-electron chi connectivity index (χ2n) is 9.07. The fraction of sp³-hybridized carbons (Fsp3) is 0.593. The molecule has 180 valence electrons. The van der Waals surface area contributed by atoms with E-state index in [4.69, 9.17) is 0 Å². The average Bonchev–Trinajstić information content (AvgIpc) is 2.84. The van der Waals surface area contributed by atoms with Crippen LogP contribution in [-0.4, -0.2) is 71.4 Å². The van der Waals surface area contributed by atoms with Gasteiger partial charge in [0.1, 0.15) is 11.4 Å². The summed E-state index contributed by atoms with van der Waals surface area (Å²) in [6, 6.07) is 7.02. The van der Waals surface area contributed by atoms with Gasteiger partial charge in [0.05, 0.1) is 6.54 Å². The zero-order chi connectivity index (χ0) is 23.8. The van der Waals surface area contributed by atoms with Gasteiger partial charge in [-0.2, -0.15) is 0 Å². The van der Waals surface area contributed by atoms with Gasteiger partial charge in [-0.1, -0.05) is 57.4 Å². The van der Waals surface area contributed by atoms with E-state index in [1.54, 1.807) is 29.2 Å². The number of likely N-dealkylation sites (N-methyl/N-ethyl adjacent to an activating group) is 1. The van der Waals surface area contributed by atoms with E-state index in [1.807, 2.05) is 6.92 Å². The Labute approximate surface area is 198 Å². The van der Waals surface area contributed by atoms with Gasteiger partial charge in [0.15, 0.2) is 0 Å². The number of nitrogens with zero attached hydrogens (tertiary/aromatic N) is 3. The topological polar surface area (TPSA) is 60.9 Å². The van der Waals surface area contributed by atoms with E-state index in [1.165, 1.54) is 6.42 Å². The predicted molar refractivity (Wildman–Crippen MR) is 131 cm³/mol. The van der Waals surface area contributed by atoms with Gasteiger partial charge in [-0.25, -0.2) is 0 Å². The highest BCUT2D eigenvalue weighted by Crippen LogP contribution is 2.31. The number of allylic oxidation sites excluding steroid dienone is 2. The maximum atomic E-state index is 13.8. The van der Waals surface area contributed by atoms with Crippen molar-refractivity contribution in [3.63, 3.8) is 0 Å². The second kappa shape index (κ2) is 12.1. The van der Waals surface area contributed by atoms with Gasteiger partial charge in [-0.15, -0.1) is 0 Å². The molecule has 0 bridgehead atoms. The molecule has 3 rings (SSSR count). The molecule has 1 saturated heterocycles. The molecular formula is C27H39N3O3. The Morgan fingerprint density at radius 1 is 0.848 bits per heavy atom. The monoisotopic (exact) mass is 453 g/mol. The normalized spacial score (nSPS) is 16.7. The number of Topliss-reactive ketones (excluding diaryl/α,β-unsaturated/α-hetero) is 2. The Kier molecular flexibility index (Phi) is 9.24. The van der Waals surface area contributed by atoms with Crippen LogP contribution in [0.2, 0.25) is 0 Å². The summed E-state index contributed by atoms with van der Waals surface area (Å²) >= 11 is 0. The fourth-order valence-electron chi connectivity index (χ4n) is 4.78. The first-order chi connectivity index (χ1) is 16.0. The van der Waals surface area contributed by atoms with Crippen molar-refractivity contribution in [2.24, 2.45) is 0 Å². The SMILES string of the molecule is CCCCN(CCCC)C1=C(N(CC)C(=O)CN2CCCCC2)C(=O)c2ccccc2C1=O. The highest BCUT2D eigenvalue weighted by Gasteiger charge is 2.39. The van der Waals surface area contributed by atoms with Crippen LogP contribution in [-0.2, 0) is 4.79 Å². The number of rotatable bonds is 11. The van der Waals surface area contributed by atoms with Gasteiger partial charge >= 0.3 is 0 Å². The zero-order valence-corrected chi connectivity index (χ0v) is 20.6. The molecule has 1 amide bonds. The molecule has 1 fully saturated rings. The molecule has 2 aliphatic rings. The number of carbonyl (C=O) groups is 3. The molecule has 33 heavy (non-hydrogen) atoms. The maximum Gasteiger partial charge on any atom is 0.241 e. The van der Waals surface area contributed by atoms with Gasteiger partial charge in [-0.3, -0.25) is 19.3 Å². The number of unbranched alkanes of at least 4 members (excludes halogenated alkanes) is 2. The molecule has 0 unspecified atom stereocenters. The van der Waals surface area contributed by atoms with Gasteiger partial charge in [0.25, 0.3) is 0 Å². The van der Waals surface area contributed by atoms with E-state index in [0.717, 1.165) is 51.6 Å². The Bertz CT molecular complexity index is 878. The van der Waals surface area contributed by atoms with Crippen molar-refractivity contribution >= 4 is 17.5 Å². The minimum atomic E-state index is -0.216. The fourth-order valence-corrected chi connectivity index (χ4v) is 4.78. The van der Waals surface area contributed by atoms with Crippen LogP contribution in [0.5, 0.6) is 0 Å². The van der Waals surface area contributed by atoms with Crippen molar-refractivity contribution in [2.45, 2.75) is 65.7 Å². The summed E-state index contributed by atoms with van der Waals surface area (Å²) in [6.45, 7) is 10.0. The van der Waals surface area contributed by atoms with Crippen LogP contribution in [0.1, 0.15) is 86.4 Å². The molecule has 6 heteroatoms. The molecule has 0 aromatic heterocycles. The molecule has 1 aromatic carbocycles. The number of likely N-dealkylation sites (tertiary alicyclic amines) is 1. The molecule has 0 atom stereocenters. The van der Waals surface area contributed by atoms with Gasteiger partial charge in [-0.05, 0) is 45.7 Å². The summed E-state index contributed by atoms with van der Waals surface area (Å²) in [7, 11) is 0. The first kappa shape index (κ1) is 25.2. The lowest BCUT2D eigenvalue weighted by atomic mass is 9.88. The van der Waals surface area contributed by atoms with E-state index in [-0.39, 0.29) is 29.7 Å². The third-order valence-corrected chi connectivity index (χ3v) is 6.64. The van der Waals surface area contributed by atoms with Crippen molar-refractivity contribution in [3.05, 3.63) is 46.8 Å². The number of carbonyl (C=O) groups excluding carboxylic acids is 3. The van der Waals surface area contributed by atoms with Crippen molar-refractivity contribution in [1.29, 1.82) is 0 Å². The third-order valence-electron chi connectivity index (χ3n) is 6.64. The van der Waals surface area contributed by atoms with E-state index in [2.05, 4.69) is 23.6 Å². The molecule has 1 aliphatic heterocycles. The lowest BCUT2D eigenvalue weighted by Crippen LogP contribution is -2.46. The largest absolute Gasteiger partial charge is 0.367 e. The second-order valence-corrected chi connectivity index (χ2v) is 9.07. The third kappa shape index (κ3) is 5.72. The number of hydrogen-bond acceptors (Lipinski definition) is 5. The Morgan fingerprint density at radius 2 is 1.39 bits per heavy atom. The minimum absolute atomic E-state index is 0.0987. The quantitative estimate of drug-likeness (QED) is 0.493. The Hall–Kier alpha value is -2.47. The molecule has 1 aliphatic carbocycles. The van der Waals surface area contributed by atoms with Crippen molar-refractivity contribution in [2.75, 3.05) is 39.3 Å². The Morgan fingerprint density at radius 3 is 1.91 bits per heavy atom. The maximum absolute atomic E-state index is 13.8.